The van der Waals surface area contributed by atoms with Gasteiger partial charge in [-0.15, -0.1) is 0 Å². The zero-order valence-electron chi connectivity index (χ0n) is 11.7. The Morgan fingerprint density at radius 1 is 1.32 bits per heavy atom. The Labute approximate surface area is 114 Å². The fourth-order valence-corrected chi connectivity index (χ4v) is 1.64. The number of hydrogen-bond donors (Lipinski definition) is 2. The Morgan fingerprint density at radius 3 is 1.95 bits per heavy atom. The molecule has 0 amide bonds. The summed E-state index contributed by atoms with van der Waals surface area (Å²) in [7, 11) is -0.753. The van der Waals surface area contributed by atoms with Gasteiger partial charge in [0.05, 0.1) is 19.0 Å². The fraction of sp³-hybridized carbons (Fsp3) is 0.500. The van der Waals surface area contributed by atoms with E-state index in [0.717, 1.165) is 5.56 Å². The molecule has 1 atom stereocenters. The molecule has 0 radical (unpaired) electrons. The molecule has 0 aromatic heterocycles. The first-order valence-corrected chi connectivity index (χ1v) is 7.22. The van der Waals surface area contributed by atoms with Crippen LogP contribution in [-0.4, -0.2) is 43.0 Å². The monoisotopic (exact) mass is 290 g/mol. The van der Waals surface area contributed by atoms with E-state index in [9.17, 15) is 13.0 Å². The molecule has 0 saturated heterocycles. The first kappa shape index (κ1) is 18.0. The highest BCUT2D eigenvalue weighted by Gasteiger charge is 2.18. The molecule has 0 aliphatic heterocycles. The summed E-state index contributed by atoms with van der Waals surface area (Å²) in [6, 6.07) is 5.78. The summed E-state index contributed by atoms with van der Waals surface area (Å²) in [6.07, 6.45) is 0.263. The van der Waals surface area contributed by atoms with Crippen LogP contribution in [-0.2, 0) is 10.1 Å². The van der Waals surface area contributed by atoms with E-state index in [0.29, 0.717) is 6.42 Å². The number of aliphatic hydroxyl groups excluding tert-OH is 1. The number of hydrogen-bond acceptors (Lipinski definition) is 5. The summed E-state index contributed by atoms with van der Waals surface area (Å²) in [5.41, 5.74) is 0.928. The van der Waals surface area contributed by atoms with E-state index in [1.54, 1.807) is 26.2 Å². The second kappa shape index (κ2) is 6.97. The summed E-state index contributed by atoms with van der Waals surface area (Å²) in [4.78, 5) is -0.178. The van der Waals surface area contributed by atoms with Gasteiger partial charge in [-0.25, -0.2) is 13.0 Å². The Hall–Kier alpha value is -0.990. The van der Waals surface area contributed by atoms with Crippen LogP contribution in [0.25, 0.3) is 0 Å². The van der Waals surface area contributed by atoms with Crippen LogP contribution in [0.1, 0.15) is 18.9 Å². The molecule has 19 heavy (non-hydrogen) atoms. The van der Waals surface area contributed by atoms with Crippen molar-refractivity contribution in [3.8, 4) is 0 Å². The number of nitrogens with two attached hydrogens (primary N) is 1. The van der Waals surface area contributed by atoms with Gasteiger partial charge in [-0.05, 0) is 19.1 Å². The van der Waals surface area contributed by atoms with Crippen LogP contribution >= 0.6 is 0 Å². The topological polar surface area (TPSA) is 103 Å². The van der Waals surface area contributed by atoms with E-state index in [-0.39, 0.29) is 9.49 Å². The maximum atomic E-state index is 10.4. The summed E-state index contributed by atoms with van der Waals surface area (Å²) < 4.78 is 31.3. The average Bonchev–Trinajstić information content (AvgIpc) is 2.27. The molecule has 1 unspecified atom stereocenters. The molecule has 7 heteroatoms. The molecular formula is C12H22N2O4S. The first-order valence-electron chi connectivity index (χ1n) is 5.81. The third-order valence-electron chi connectivity index (χ3n) is 2.44. The van der Waals surface area contributed by atoms with Crippen LogP contribution in [0, 0.1) is 6.92 Å². The summed E-state index contributed by atoms with van der Waals surface area (Å²) in [5.74, 6) is 5.48. The van der Waals surface area contributed by atoms with Gasteiger partial charge >= 0.3 is 0 Å². The smallest absolute Gasteiger partial charge is 0.207 e. The van der Waals surface area contributed by atoms with Crippen LogP contribution < -0.4 is 5.84 Å². The maximum absolute atomic E-state index is 10.4. The zero-order valence-corrected chi connectivity index (χ0v) is 12.5. The largest absolute Gasteiger partial charge is 0.744 e. The Kier molecular flexibility index (Phi) is 6.61. The van der Waals surface area contributed by atoms with Gasteiger partial charge in [0.15, 0.2) is 0 Å². The molecule has 1 rings (SSSR count). The molecule has 0 fully saturated rings. The zero-order chi connectivity index (χ0) is 15.3. The van der Waals surface area contributed by atoms with Crippen LogP contribution in [0.3, 0.4) is 0 Å². The normalized spacial score (nSPS) is 13.4. The quantitative estimate of drug-likeness (QED) is 0.278. The van der Waals surface area contributed by atoms with Crippen molar-refractivity contribution in [1.82, 2.24) is 0 Å². The summed E-state index contributed by atoms with van der Waals surface area (Å²) in [6.45, 7) is 3.72. The number of aliphatic hydroxyl groups is 1. The van der Waals surface area contributed by atoms with Crippen molar-refractivity contribution in [3.63, 3.8) is 0 Å². The number of quaternary nitrogens is 1. The van der Waals surface area contributed by atoms with Crippen LogP contribution in [0.5, 0.6) is 0 Å². The van der Waals surface area contributed by atoms with Gasteiger partial charge in [-0.2, -0.15) is 5.84 Å². The lowest BCUT2D eigenvalue weighted by Crippen LogP contribution is -2.54. The van der Waals surface area contributed by atoms with E-state index in [1.807, 2.05) is 13.8 Å². The highest BCUT2D eigenvalue weighted by Crippen LogP contribution is 2.08. The minimum atomic E-state index is -4.27. The van der Waals surface area contributed by atoms with Crippen molar-refractivity contribution in [3.05, 3.63) is 29.8 Å². The number of nitrogens with zero attached hydrogens (tertiary/aromatic N) is 1. The highest BCUT2D eigenvalue weighted by molar-refractivity contribution is 7.85. The maximum Gasteiger partial charge on any atom is 0.207 e. The van der Waals surface area contributed by atoms with E-state index in [4.69, 9.17) is 10.9 Å². The van der Waals surface area contributed by atoms with Gasteiger partial charge in [0.2, 0.25) is 6.23 Å². The molecule has 0 saturated carbocycles. The molecule has 0 aliphatic rings. The second-order valence-corrected chi connectivity index (χ2v) is 6.16. The summed E-state index contributed by atoms with van der Waals surface area (Å²) >= 11 is 0. The van der Waals surface area contributed by atoms with Crippen molar-refractivity contribution in [1.29, 1.82) is 0 Å². The predicted molar refractivity (Wildman–Crippen MR) is 71.7 cm³/mol. The second-order valence-electron chi connectivity index (χ2n) is 4.79. The van der Waals surface area contributed by atoms with E-state index in [1.165, 1.54) is 12.1 Å². The SMILES string of the molecule is CCC(O)[N+](C)(C)N.Cc1ccc(S(=O)(=O)[O-])cc1. The molecule has 0 spiro atoms. The molecule has 0 aliphatic carbocycles. The molecule has 1 aromatic rings. The van der Waals surface area contributed by atoms with E-state index in [2.05, 4.69) is 0 Å². The molecule has 1 aromatic carbocycles. The molecule has 6 nitrogen and oxygen atoms in total. The third-order valence-corrected chi connectivity index (χ3v) is 3.29. The number of benzene rings is 1. The molecular weight excluding hydrogens is 268 g/mol. The van der Waals surface area contributed by atoms with Gasteiger partial charge in [-0.3, -0.25) is 0 Å². The van der Waals surface area contributed by atoms with Crippen molar-refractivity contribution in [2.24, 2.45) is 5.84 Å². The lowest BCUT2D eigenvalue weighted by Gasteiger charge is -2.27. The van der Waals surface area contributed by atoms with E-state index < -0.39 is 16.3 Å². The van der Waals surface area contributed by atoms with Gasteiger partial charge in [-0.1, -0.05) is 24.6 Å². The van der Waals surface area contributed by atoms with Crippen LogP contribution in [0.4, 0.5) is 0 Å². The lowest BCUT2D eigenvalue weighted by molar-refractivity contribution is -0.948. The van der Waals surface area contributed by atoms with Gasteiger partial charge in [0.25, 0.3) is 0 Å². The van der Waals surface area contributed by atoms with Crippen molar-refractivity contribution in [2.45, 2.75) is 31.4 Å². The molecule has 0 heterocycles. The molecule has 0 bridgehead atoms. The predicted octanol–water partition coefficient (Wildman–Crippen LogP) is 0.564. The standard InChI is InChI=1S/C7H8O3S.C5H15N2O/c1-6-2-4-7(5-3-6)11(8,9)10;1-4-5(8)7(2,3)6/h2-5H,1H3,(H,8,9,10);5,8H,4,6H2,1-3H3/q;+1/p-1. The lowest BCUT2D eigenvalue weighted by atomic mass is 10.2. The number of rotatable bonds is 3. The average molecular weight is 290 g/mol. The Bertz CT molecular complexity index is 477. The number of aryl methyl sites for hydroxylation is 1. The Balaban J connectivity index is 0.000000362. The van der Waals surface area contributed by atoms with Crippen molar-refractivity contribution < 1.29 is 22.7 Å². The van der Waals surface area contributed by atoms with E-state index >= 15 is 0 Å². The van der Waals surface area contributed by atoms with Gasteiger partial charge in [0.1, 0.15) is 10.1 Å². The van der Waals surface area contributed by atoms with Gasteiger partial charge < -0.3 is 9.66 Å². The molecule has 3 N–H and O–H groups in total. The van der Waals surface area contributed by atoms with Crippen LogP contribution in [0.15, 0.2) is 29.2 Å². The third kappa shape index (κ3) is 7.24. The van der Waals surface area contributed by atoms with Gasteiger partial charge in [0, 0.05) is 6.42 Å². The van der Waals surface area contributed by atoms with Crippen LogP contribution in [0.2, 0.25) is 0 Å². The fourth-order valence-electron chi connectivity index (χ4n) is 1.18. The minimum absolute atomic E-state index is 0.135. The van der Waals surface area contributed by atoms with Crippen molar-refractivity contribution >= 4 is 10.1 Å². The van der Waals surface area contributed by atoms with Crippen molar-refractivity contribution in [2.75, 3.05) is 14.1 Å². The highest BCUT2D eigenvalue weighted by atomic mass is 32.2. The Morgan fingerprint density at radius 2 is 1.74 bits per heavy atom. The summed E-state index contributed by atoms with van der Waals surface area (Å²) in [5, 5.41) is 9.04. The minimum Gasteiger partial charge on any atom is -0.744 e. The molecule has 110 valence electrons. The first-order chi connectivity index (χ1) is 8.48.